The average Bonchev–Trinajstić information content (AvgIpc) is 2.42. The number of hydrogen-bond donors (Lipinski definition) is 1. The summed E-state index contributed by atoms with van der Waals surface area (Å²) in [6, 6.07) is 0. The van der Waals surface area contributed by atoms with Gasteiger partial charge in [-0.2, -0.15) is 0 Å². The molecule has 0 amide bonds. The lowest BCUT2D eigenvalue weighted by Gasteiger charge is -2.28. The van der Waals surface area contributed by atoms with Crippen LogP contribution in [0.15, 0.2) is 0 Å². The van der Waals surface area contributed by atoms with Gasteiger partial charge in [0.2, 0.25) is 0 Å². The summed E-state index contributed by atoms with van der Waals surface area (Å²) in [6.45, 7) is 14.9. The monoisotopic (exact) mass is 286 g/mol. The van der Waals surface area contributed by atoms with E-state index >= 15 is 0 Å². The van der Waals surface area contributed by atoms with Crippen molar-refractivity contribution >= 4 is 5.97 Å². The Bertz CT molecular complexity index is 259. The maximum absolute atomic E-state index is 12.0. The molecule has 0 saturated heterocycles. The third kappa shape index (κ3) is 7.25. The molecule has 0 aromatic rings. The van der Waals surface area contributed by atoms with E-state index in [1.54, 1.807) is 0 Å². The summed E-state index contributed by atoms with van der Waals surface area (Å²) >= 11 is 0. The highest BCUT2D eigenvalue weighted by atomic mass is 16.5. The molecular formula is C16H34N2O2. The molecule has 0 saturated carbocycles. The van der Waals surface area contributed by atoms with Crippen molar-refractivity contribution in [2.45, 2.75) is 65.8 Å². The smallest absolute Gasteiger partial charge is 0.326 e. The molecule has 0 aliphatic heterocycles. The van der Waals surface area contributed by atoms with Gasteiger partial charge in [0.25, 0.3) is 0 Å². The van der Waals surface area contributed by atoms with Crippen LogP contribution in [0.5, 0.6) is 0 Å². The summed E-state index contributed by atoms with van der Waals surface area (Å²) in [5, 5.41) is 3.28. The van der Waals surface area contributed by atoms with Crippen LogP contribution in [0.1, 0.15) is 60.3 Å². The summed E-state index contributed by atoms with van der Waals surface area (Å²) in [6.07, 6.45) is 4.21. The van der Waals surface area contributed by atoms with Crippen molar-refractivity contribution in [2.75, 3.05) is 32.8 Å². The van der Waals surface area contributed by atoms with Gasteiger partial charge in [-0.15, -0.1) is 0 Å². The highest BCUT2D eigenvalue weighted by molar-refractivity contribution is 5.80. The van der Waals surface area contributed by atoms with E-state index in [1.807, 2.05) is 20.8 Å². The zero-order valence-electron chi connectivity index (χ0n) is 14.1. The molecule has 1 N–H and O–H groups in total. The Morgan fingerprint density at radius 3 is 2.35 bits per heavy atom. The number of carbonyl (C=O) groups excluding carboxylic acids is 1. The number of carbonyl (C=O) groups is 1. The van der Waals surface area contributed by atoms with Crippen molar-refractivity contribution in [1.82, 2.24) is 10.2 Å². The number of ether oxygens (including phenoxy) is 1. The largest absolute Gasteiger partial charge is 0.465 e. The normalized spacial score (nSPS) is 14.3. The minimum absolute atomic E-state index is 0.122. The van der Waals surface area contributed by atoms with Crippen LogP contribution in [-0.4, -0.2) is 49.2 Å². The van der Waals surface area contributed by atoms with E-state index in [0.29, 0.717) is 6.61 Å². The van der Waals surface area contributed by atoms with Gasteiger partial charge in [-0.3, -0.25) is 4.79 Å². The zero-order chi connectivity index (χ0) is 15.4. The maximum atomic E-state index is 12.0. The maximum Gasteiger partial charge on any atom is 0.326 e. The van der Waals surface area contributed by atoms with Crippen molar-refractivity contribution in [3.63, 3.8) is 0 Å². The molecule has 0 heterocycles. The molecule has 1 atom stereocenters. The molecule has 0 radical (unpaired) electrons. The Balaban J connectivity index is 4.17. The molecule has 0 rings (SSSR count). The van der Waals surface area contributed by atoms with Gasteiger partial charge in [-0.1, -0.05) is 20.8 Å². The van der Waals surface area contributed by atoms with Gasteiger partial charge < -0.3 is 15.0 Å². The number of likely N-dealkylation sites (N-methyl/N-ethyl adjacent to an activating group) is 1. The first-order chi connectivity index (χ1) is 9.53. The van der Waals surface area contributed by atoms with Crippen LogP contribution in [0.2, 0.25) is 0 Å². The number of esters is 1. The van der Waals surface area contributed by atoms with Gasteiger partial charge in [0.15, 0.2) is 0 Å². The van der Waals surface area contributed by atoms with Gasteiger partial charge in [0.1, 0.15) is 5.54 Å². The van der Waals surface area contributed by atoms with Crippen LogP contribution >= 0.6 is 0 Å². The second kappa shape index (κ2) is 11.1. The van der Waals surface area contributed by atoms with Crippen LogP contribution < -0.4 is 5.32 Å². The Kier molecular flexibility index (Phi) is 10.8. The SMILES string of the molecule is CCCN(CC)CCCCC(C)(NCC)C(=O)OCC. The van der Waals surface area contributed by atoms with E-state index in [2.05, 4.69) is 24.1 Å². The topological polar surface area (TPSA) is 41.6 Å². The summed E-state index contributed by atoms with van der Waals surface area (Å²) in [5.41, 5.74) is -0.535. The fourth-order valence-corrected chi connectivity index (χ4v) is 2.50. The first-order valence-electron chi connectivity index (χ1n) is 8.18. The number of nitrogens with zero attached hydrogens (tertiary/aromatic N) is 1. The molecule has 0 bridgehead atoms. The van der Waals surface area contributed by atoms with Gasteiger partial charge >= 0.3 is 5.97 Å². The predicted molar refractivity (Wildman–Crippen MR) is 85.0 cm³/mol. The van der Waals surface area contributed by atoms with E-state index in [4.69, 9.17) is 4.74 Å². The Labute approximate surface area is 125 Å². The summed E-state index contributed by atoms with van der Waals surface area (Å²) < 4.78 is 5.19. The van der Waals surface area contributed by atoms with Crippen molar-refractivity contribution in [2.24, 2.45) is 0 Å². The lowest BCUT2D eigenvalue weighted by atomic mass is 9.94. The average molecular weight is 286 g/mol. The van der Waals surface area contributed by atoms with Crippen LogP contribution in [0.3, 0.4) is 0 Å². The molecular weight excluding hydrogens is 252 g/mol. The number of unbranched alkanes of at least 4 members (excludes halogenated alkanes) is 1. The molecule has 0 spiro atoms. The van der Waals surface area contributed by atoms with Gasteiger partial charge in [0.05, 0.1) is 6.61 Å². The molecule has 0 aromatic carbocycles. The molecule has 0 aliphatic rings. The lowest BCUT2D eigenvalue weighted by molar-refractivity contribution is -0.150. The van der Waals surface area contributed by atoms with Crippen molar-refractivity contribution in [3.8, 4) is 0 Å². The fraction of sp³-hybridized carbons (Fsp3) is 0.938. The number of rotatable bonds is 12. The molecule has 1 unspecified atom stereocenters. The van der Waals surface area contributed by atoms with E-state index in [0.717, 1.165) is 38.9 Å². The second-order valence-electron chi connectivity index (χ2n) is 5.47. The summed E-state index contributed by atoms with van der Waals surface area (Å²) in [7, 11) is 0. The standard InChI is InChI=1S/C16H34N2O2/c1-6-13-18(8-3)14-11-10-12-16(5,17-7-2)15(19)20-9-4/h17H,6-14H2,1-5H3. The van der Waals surface area contributed by atoms with Crippen molar-refractivity contribution in [1.29, 1.82) is 0 Å². The minimum Gasteiger partial charge on any atom is -0.465 e. The third-order valence-electron chi connectivity index (χ3n) is 3.68. The summed E-state index contributed by atoms with van der Waals surface area (Å²) in [5.74, 6) is -0.122. The lowest BCUT2D eigenvalue weighted by Crippen LogP contribution is -2.50. The highest BCUT2D eigenvalue weighted by Gasteiger charge is 2.32. The van der Waals surface area contributed by atoms with E-state index in [9.17, 15) is 4.79 Å². The van der Waals surface area contributed by atoms with Crippen LogP contribution in [0.25, 0.3) is 0 Å². The molecule has 4 nitrogen and oxygen atoms in total. The van der Waals surface area contributed by atoms with Crippen LogP contribution in [0, 0.1) is 0 Å². The van der Waals surface area contributed by atoms with Gasteiger partial charge in [-0.05, 0) is 65.7 Å². The molecule has 0 fully saturated rings. The quantitative estimate of drug-likeness (QED) is 0.442. The molecule has 20 heavy (non-hydrogen) atoms. The van der Waals surface area contributed by atoms with E-state index < -0.39 is 5.54 Å². The van der Waals surface area contributed by atoms with E-state index in [1.165, 1.54) is 13.0 Å². The Hall–Kier alpha value is -0.610. The van der Waals surface area contributed by atoms with Gasteiger partial charge in [-0.25, -0.2) is 0 Å². The first-order valence-corrected chi connectivity index (χ1v) is 8.18. The number of nitrogens with one attached hydrogen (secondary N) is 1. The van der Waals surface area contributed by atoms with Crippen molar-refractivity contribution in [3.05, 3.63) is 0 Å². The van der Waals surface area contributed by atoms with E-state index in [-0.39, 0.29) is 5.97 Å². The predicted octanol–water partition coefficient (Wildman–Crippen LogP) is 2.82. The molecule has 0 aliphatic carbocycles. The highest BCUT2D eigenvalue weighted by Crippen LogP contribution is 2.16. The Morgan fingerprint density at radius 2 is 1.85 bits per heavy atom. The fourth-order valence-electron chi connectivity index (χ4n) is 2.50. The zero-order valence-corrected chi connectivity index (χ0v) is 14.1. The van der Waals surface area contributed by atoms with Crippen LogP contribution in [0.4, 0.5) is 0 Å². The first kappa shape index (κ1) is 19.4. The molecule has 4 heteroatoms. The third-order valence-corrected chi connectivity index (χ3v) is 3.68. The molecule has 120 valence electrons. The number of hydrogen-bond acceptors (Lipinski definition) is 4. The van der Waals surface area contributed by atoms with Crippen LogP contribution in [-0.2, 0) is 9.53 Å². The second-order valence-corrected chi connectivity index (χ2v) is 5.47. The van der Waals surface area contributed by atoms with Crippen molar-refractivity contribution < 1.29 is 9.53 Å². The Morgan fingerprint density at radius 1 is 1.15 bits per heavy atom. The molecule has 0 aromatic heterocycles. The summed E-state index contributed by atoms with van der Waals surface area (Å²) in [4.78, 5) is 14.5. The van der Waals surface area contributed by atoms with Gasteiger partial charge in [0, 0.05) is 0 Å². The minimum atomic E-state index is -0.535.